The van der Waals surface area contributed by atoms with E-state index in [-0.39, 0.29) is 12.0 Å². The SMILES string of the molecule is Cn1cc(CCNC(=O)Cc2cc(F)c(F)cc2F)c2ccccc21. The first-order valence-electron chi connectivity index (χ1n) is 7.89. The molecule has 1 amide bonds. The molecule has 1 N–H and O–H groups in total. The van der Waals surface area contributed by atoms with Crippen molar-refractivity contribution in [3.05, 3.63) is 71.2 Å². The van der Waals surface area contributed by atoms with Crippen molar-refractivity contribution in [1.82, 2.24) is 9.88 Å². The van der Waals surface area contributed by atoms with Crippen LogP contribution >= 0.6 is 0 Å². The summed E-state index contributed by atoms with van der Waals surface area (Å²) >= 11 is 0. The van der Waals surface area contributed by atoms with E-state index in [4.69, 9.17) is 0 Å². The molecule has 1 aromatic heterocycles. The van der Waals surface area contributed by atoms with E-state index >= 15 is 0 Å². The summed E-state index contributed by atoms with van der Waals surface area (Å²) < 4.78 is 41.6. The zero-order chi connectivity index (χ0) is 18.0. The second kappa shape index (κ2) is 7.01. The molecule has 3 aromatic rings. The van der Waals surface area contributed by atoms with Gasteiger partial charge in [0, 0.05) is 42.3 Å². The number of nitrogens with zero attached hydrogens (tertiary/aromatic N) is 1. The van der Waals surface area contributed by atoms with E-state index in [1.807, 2.05) is 42.1 Å². The van der Waals surface area contributed by atoms with Crippen LogP contribution < -0.4 is 5.32 Å². The molecular formula is C19H17F3N2O. The molecule has 0 aliphatic carbocycles. The first kappa shape index (κ1) is 17.1. The minimum Gasteiger partial charge on any atom is -0.355 e. The van der Waals surface area contributed by atoms with Crippen molar-refractivity contribution in [3.63, 3.8) is 0 Å². The lowest BCUT2D eigenvalue weighted by Crippen LogP contribution is -2.27. The zero-order valence-corrected chi connectivity index (χ0v) is 13.7. The van der Waals surface area contributed by atoms with Gasteiger partial charge in [-0.2, -0.15) is 0 Å². The van der Waals surface area contributed by atoms with E-state index in [2.05, 4.69) is 5.32 Å². The van der Waals surface area contributed by atoms with Gasteiger partial charge in [-0.05, 0) is 24.1 Å². The largest absolute Gasteiger partial charge is 0.355 e. The maximum atomic E-state index is 13.6. The van der Waals surface area contributed by atoms with Gasteiger partial charge in [-0.15, -0.1) is 0 Å². The van der Waals surface area contributed by atoms with Crippen LogP contribution in [-0.4, -0.2) is 17.0 Å². The standard InChI is InChI=1S/C19H17F3N2O/c1-24-11-12(14-4-2-3-5-18(14)24)6-7-23-19(25)9-13-8-16(21)17(22)10-15(13)20/h2-5,8,10-11H,6-7,9H2,1H3,(H,23,25). The van der Waals surface area contributed by atoms with E-state index in [0.717, 1.165) is 22.5 Å². The highest BCUT2D eigenvalue weighted by Crippen LogP contribution is 2.20. The van der Waals surface area contributed by atoms with Gasteiger partial charge in [-0.25, -0.2) is 13.2 Å². The molecule has 0 unspecified atom stereocenters. The lowest BCUT2D eigenvalue weighted by Gasteiger charge is -2.06. The van der Waals surface area contributed by atoms with Crippen molar-refractivity contribution in [1.29, 1.82) is 0 Å². The molecule has 0 spiro atoms. The summed E-state index contributed by atoms with van der Waals surface area (Å²) in [5.74, 6) is -3.80. The van der Waals surface area contributed by atoms with Crippen LogP contribution in [0.25, 0.3) is 10.9 Å². The third-order valence-electron chi connectivity index (χ3n) is 4.14. The molecule has 0 saturated heterocycles. The molecule has 0 radical (unpaired) electrons. The smallest absolute Gasteiger partial charge is 0.224 e. The number of hydrogen-bond acceptors (Lipinski definition) is 1. The van der Waals surface area contributed by atoms with E-state index in [1.165, 1.54) is 0 Å². The number of rotatable bonds is 5. The van der Waals surface area contributed by atoms with Gasteiger partial charge in [0.05, 0.1) is 6.42 Å². The van der Waals surface area contributed by atoms with Crippen molar-refractivity contribution in [2.45, 2.75) is 12.8 Å². The predicted molar refractivity (Wildman–Crippen MR) is 89.7 cm³/mol. The lowest BCUT2D eigenvalue weighted by molar-refractivity contribution is -0.120. The van der Waals surface area contributed by atoms with E-state index in [1.54, 1.807) is 0 Å². The van der Waals surface area contributed by atoms with Crippen LogP contribution in [-0.2, 0) is 24.7 Å². The molecule has 0 aliphatic heterocycles. The second-order valence-electron chi connectivity index (χ2n) is 5.92. The number of aryl methyl sites for hydroxylation is 1. The monoisotopic (exact) mass is 346 g/mol. The van der Waals surface area contributed by atoms with E-state index in [9.17, 15) is 18.0 Å². The highest BCUT2D eigenvalue weighted by Gasteiger charge is 2.13. The van der Waals surface area contributed by atoms with Gasteiger partial charge < -0.3 is 9.88 Å². The Morgan fingerprint density at radius 2 is 1.76 bits per heavy atom. The summed E-state index contributed by atoms with van der Waals surface area (Å²) in [6, 6.07) is 9.12. The summed E-state index contributed by atoms with van der Waals surface area (Å²) in [6.07, 6.45) is 2.29. The number of halogens is 3. The van der Waals surface area contributed by atoms with E-state index in [0.29, 0.717) is 19.0 Å². The second-order valence-corrected chi connectivity index (χ2v) is 5.92. The normalized spacial score (nSPS) is 11.0. The number of carbonyl (C=O) groups excluding carboxylic acids is 1. The zero-order valence-electron chi connectivity index (χ0n) is 13.7. The summed E-state index contributed by atoms with van der Waals surface area (Å²) in [6.45, 7) is 0.373. The lowest BCUT2D eigenvalue weighted by atomic mass is 10.1. The molecule has 1 heterocycles. The van der Waals surface area contributed by atoms with Crippen LogP contribution in [0.4, 0.5) is 13.2 Å². The maximum Gasteiger partial charge on any atom is 0.224 e. The minimum absolute atomic E-state index is 0.165. The van der Waals surface area contributed by atoms with Crippen molar-refractivity contribution in [3.8, 4) is 0 Å². The summed E-state index contributed by atoms with van der Waals surface area (Å²) in [4.78, 5) is 11.9. The number of carbonyl (C=O) groups is 1. The van der Waals surface area contributed by atoms with Gasteiger partial charge in [0.1, 0.15) is 5.82 Å². The first-order chi connectivity index (χ1) is 12.0. The van der Waals surface area contributed by atoms with Crippen LogP contribution in [0.2, 0.25) is 0 Å². The maximum absolute atomic E-state index is 13.6. The van der Waals surface area contributed by atoms with Gasteiger partial charge in [0.25, 0.3) is 0 Å². The van der Waals surface area contributed by atoms with Gasteiger partial charge >= 0.3 is 0 Å². The fourth-order valence-electron chi connectivity index (χ4n) is 2.90. The molecule has 0 atom stereocenters. The van der Waals surface area contributed by atoms with Gasteiger partial charge in [0.2, 0.25) is 5.91 Å². The first-order valence-corrected chi connectivity index (χ1v) is 7.89. The molecule has 6 heteroatoms. The Balaban J connectivity index is 1.60. The molecule has 0 bridgehead atoms. The van der Waals surface area contributed by atoms with Crippen LogP contribution in [0.5, 0.6) is 0 Å². The van der Waals surface area contributed by atoms with Crippen LogP contribution in [0.3, 0.4) is 0 Å². The van der Waals surface area contributed by atoms with E-state index < -0.39 is 23.4 Å². The van der Waals surface area contributed by atoms with Crippen LogP contribution in [0.1, 0.15) is 11.1 Å². The Morgan fingerprint density at radius 3 is 2.56 bits per heavy atom. The third kappa shape index (κ3) is 3.68. The van der Waals surface area contributed by atoms with Crippen molar-refractivity contribution in [2.24, 2.45) is 7.05 Å². The molecule has 25 heavy (non-hydrogen) atoms. The molecule has 2 aromatic carbocycles. The summed E-state index contributed by atoms with van der Waals surface area (Å²) in [7, 11) is 1.95. The number of benzene rings is 2. The van der Waals surface area contributed by atoms with Crippen molar-refractivity contribution in [2.75, 3.05) is 6.54 Å². The number of hydrogen-bond donors (Lipinski definition) is 1. The predicted octanol–water partition coefficient (Wildman–Crippen LogP) is 3.50. The highest BCUT2D eigenvalue weighted by molar-refractivity contribution is 5.84. The Labute approximate surface area is 143 Å². The summed E-state index contributed by atoms with van der Waals surface area (Å²) in [5, 5.41) is 3.80. The summed E-state index contributed by atoms with van der Waals surface area (Å²) in [5.41, 5.74) is 2.03. The molecular weight excluding hydrogens is 329 g/mol. The Kier molecular flexibility index (Phi) is 4.79. The number of para-hydroxylation sites is 1. The van der Waals surface area contributed by atoms with Gasteiger partial charge in [0.15, 0.2) is 11.6 Å². The average Bonchev–Trinajstić information content (AvgIpc) is 2.89. The third-order valence-corrected chi connectivity index (χ3v) is 4.14. The highest BCUT2D eigenvalue weighted by atomic mass is 19.2. The number of nitrogens with one attached hydrogen (secondary N) is 1. The Hall–Kier alpha value is -2.76. The number of amides is 1. The van der Waals surface area contributed by atoms with Crippen molar-refractivity contribution < 1.29 is 18.0 Å². The Bertz CT molecular complexity index is 934. The molecule has 0 saturated carbocycles. The van der Waals surface area contributed by atoms with Gasteiger partial charge in [-0.1, -0.05) is 18.2 Å². The molecule has 3 rings (SSSR count). The molecule has 0 fully saturated rings. The van der Waals surface area contributed by atoms with Crippen molar-refractivity contribution >= 4 is 16.8 Å². The number of fused-ring (bicyclic) bond motifs is 1. The quantitative estimate of drug-likeness (QED) is 0.705. The fourth-order valence-corrected chi connectivity index (χ4v) is 2.90. The minimum atomic E-state index is -1.27. The molecule has 0 aliphatic rings. The fraction of sp³-hybridized carbons (Fsp3) is 0.211. The number of aromatic nitrogens is 1. The molecule has 3 nitrogen and oxygen atoms in total. The van der Waals surface area contributed by atoms with Crippen LogP contribution in [0.15, 0.2) is 42.6 Å². The average molecular weight is 346 g/mol. The molecule has 130 valence electrons. The Morgan fingerprint density at radius 1 is 1.04 bits per heavy atom. The topological polar surface area (TPSA) is 34.0 Å². The van der Waals surface area contributed by atoms with Crippen LogP contribution in [0, 0.1) is 17.5 Å². The van der Waals surface area contributed by atoms with Gasteiger partial charge in [-0.3, -0.25) is 4.79 Å².